The Morgan fingerprint density at radius 1 is 1.19 bits per heavy atom. The third-order valence-corrected chi connectivity index (χ3v) is 4.19. The van der Waals surface area contributed by atoms with E-state index in [-0.39, 0.29) is 23.5 Å². The van der Waals surface area contributed by atoms with Gasteiger partial charge in [-0.05, 0) is 25.0 Å². The number of Topliss-reactive ketones (excluding diaryl/α,β-unsaturated/α-hetero) is 1. The Morgan fingerprint density at radius 3 is 2.71 bits per heavy atom. The third-order valence-electron chi connectivity index (χ3n) is 4.19. The highest BCUT2D eigenvalue weighted by atomic mass is 16.2. The smallest absolute Gasteiger partial charge is 0.228 e. The molecule has 0 spiro atoms. The van der Waals surface area contributed by atoms with E-state index in [1.807, 2.05) is 11.0 Å². The van der Waals surface area contributed by atoms with E-state index in [9.17, 15) is 9.59 Å². The van der Waals surface area contributed by atoms with E-state index in [4.69, 9.17) is 0 Å². The number of rotatable bonds is 3. The van der Waals surface area contributed by atoms with Crippen molar-refractivity contribution in [3.8, 4) is 0 Å². The molecule has 1 amide bonds. The van der Waals surface area contributed by atoms with Crippen LogP contribution in [-0.2, 0) is 4.79 Å². The number of pyridine rings is 1. The number of carbonyl (C=O) groups excluding carboxylic acids is 2. The molecule has 0 saturated carbocycles. The van der Waals surface area contributed by atoms with E-state index in [0.717, 1.165) is 19.4 Å². The predicted octanol–water partition coefficient (Wildman–Crippen LogP) is 0.227. The van der Waals surface area contributed by atoms with Crippen molar-refractivity contribution in [1.82, 2.24) is 20.7 Å². The van der Waals surface area contributed by atoms with Crippen LogP contribution in [0.3, 0.4) is 0 Å². The molecular formula is C15H20N4O2. The number of nitrogens with zero attached hydrogens (tertiary/aromatic N) is 2. The molecule has 0 aromatic carbocycles. The molecule has 6 nitrogen and oxygen atoms in total. The lowest BCUT2D eigenvalue weighted by Crippen LogP contribution is -2.46. The Bertz CT molecular complexity index is 514. The van der Waals surface area contributed by atoms with Gasteiger partial charge in [-0.1, -0.05) is 6.07 Å². The first-order chi connectivity index (χ1) is 10.3. The van der Waals surface area contributed by atoms with E-state index in [1.54, 1.807) is 18.3 Å². The number of likely N-dealkylation sites (tertiary alicyclic amines) is 1. The molecular weight excluding hydrogens is 268 g/mol. The molecule has 3 rings (SSSR count). The van der Waals surface area contributed by atoms with Gasteiger partial charge in [-0.15, -0.1) is 0 Å². The number of aromatic nitrogens is 1. The molecule has 0 radical (unpaired) electrons. The van der Waals surface area contributed by atoms with Crippen LogP contribution in [0.5, 0.6) is 0 Å². The summed E-state index contributed by atoms with van der Waals surface area (Å²) in [4.78, 5) is 30.9. The van der Waals surface area contributed by atoms with E-state index < -0.39 is 0 Å². The van der Waals surface area contributed by atoms with Gasteiger partial charge >= 0.3 is 0 Å². The standard InChI is InChI=1S/C15H20N4O2/c20-14(13-5-1-2-6-16-13)11-4-3-7-19(10-11)15(21)12-8-17-18-9-12/h1-2,5-6,11-12,17-18H,3-4,7-10H2. The number of carbonyl (C=O) groups is 2. The molecule has 1 aromatic rings. The highest BCUT2D eigenvalue weighted by Gasteiger charge is 2.33. The maximum Gasteiger partial charge on any atom is 0.228 e. The summed E-state index contributed by atoms with van der Waals surface area (Å²) in [6, 6.07) is 5.36. The molecule has 2 fully saturated rings. The summed E-state index contributed by atoms with van der Waals surface area (Å²) in [5, 5.41) is 0. The Labute approximate surface area is 123 Å². The van der Waals surface area contributed by atoms with Gasteiger partial charge in [-0.25, -0.2) is 0 Å². The SMILES string of the molecule is O=C(c1ccccn1)C1CCCN(C(=O)C2CNNC2)C1. The zero-order valence-corrected chi connectivity index (χ0v) is 11.9. The average molecular weight is 288 g/mol. The lowest BCUT2D eigenvalue weighted by atomic mass is 9.91. The summed E-state index contributed by atoms with van der Waals surface area (Å²) >= 11 is 0. The number of hydrogen-bond acceptors (Lipinski definition) is 5. The maximum atomic E-state index is 12.5. The first-order valence-electron chi connectivity index (χ1n) is 7.45. The number of amides is 1. The Balaban J connectivity index is 1.65. The molecule has 2 aliphatic rings. The average Bonchev–Trinajstić information content (AvgIpc) is 3.09. The number of piperidine rings is 1. The van der Waals surface area contributed by atoms with E-state index in [1.165, 1.54) is 0 Å². The van der Waals surface area contributed by atoms with Gasteiger partial charge in [0.2, 0.25) is 5.91 Å². The van der Waals surface area contributed by atoms with Crippen LogP contribution in [-0.4, -0.2) is 47.8 Å². The van der Waals surface area contributed by atoms with Crippen LogP contribution in [0.4, 0.5) is 0 Å². The number of ketones is 1. The normalized spacial score (nSPS) is 23.2. The van der Waals surface area contributed by atoms with Crippen LogP contribution in [0.15, 0.2) is 24.4 Å². The van der Waals surface area contributed by atoms with Gasteiger partial charge in [0.1, 0.15) is 5.69 Å². The molecule has 3 heterocycles. The van der Waals surface area contributed by atoms with Gasteiger partial charge in [0.15, 0.2) is 5.78 Å². The molecule has 1 unspecified atom stereocenters. The Kier molecular flexibility index (Phi) is 4.26. The summed E-state index contributed by atoms with van der Waals surface area (Å²) < 4.78 is 0. The second kappa shape index (κ2) is 6.32. The van der Waals surface area contributed by atoms with Crippen LogP contribution in [0.1, 0.15) is 23.3 Å². The van der Waals surface area contributed by atoms with Crippen molar-refractivity contribution in [2.75, 3.05) is 26.2 Å². The van der Waals surface area contributed by atoms with Crippen molar-refractivity contribution in [3.05, 3.63) is 30.1 Å². The summed E-state index contributed by atoms with van der Waals surface area (Å²) in [6.45, 7) is 2.59. The van der Waals surface area contributed by atoms with Crippen molar-refractivity contribution in [3.63, 3.8) is 0 Å². The second-order valence-corrected chi connectivity index (χ2v) is 5.66. The second-order valence-electron chi connectivity index (χ2n) is 5.66. The summed E-state index contributed by atoms with van der Waals surface area (Å²) in [6.07, 6.45) is 3.34. The minimum atomic E-state index is -0.125. The highest BCUT2D eigenvalue weighted by molar-refractivity contribution is 5.96. The van der Waals surface area contributed by atoms with Crippen molar-refractivity contribution in [1.29, 1.82) is 0 Å². The quantitative estimate of drug-likeness (QED) is 0.779. The molecule has 21 heavy (non-hydrogen) atoms. The zero-order chi connectivity index (χ0) is 14.7. The first kappa shape index (κ1) is 14.2. The number of hydrazine groups is 1. The molecule has 6 heteroatoms. The number of hydrogen-bond donors (Lipinski definition) is 2. The third kappa shape index (κ3) is 3.11. The van der Waals surface area contributed by atoms with E-state index in [0.29, 0.717) is 25.3 Å². The lowest BCUT2D eigenvalue weighted by molar-refractivity contribution is -0.136. The number of nitrogens with one attached hydrogen (secondary N) is 2. The Hall–Kier alpha value is -1.79. The summed E-state index contributed by atoms with van der Waals surface area (Å²) in [5.41, 5.74) is 6.46. The molecule has 0 bridgehead atoms. The van der Waals surface area contributed by atoms with Crippen molar-refractivity contribution < 1.29 is 9.59 Å². The van der Waals surface area contributed by atoms with Gasteiger partial charge in [0.05, 0.1) is 5.92 Å². The molecule has 2 N–H and O–H groups in total. The van der Waals surface area contributed by atoms with Crippen LogP contribution in [0, 0.1) is 11.8 Å². The highest BCUT2D eigenvalue weighted by Crippen LogP contribution is 2.21. The van der Waals surface area contributed by atoms with Crippen molar-refractivity contribution >= 4 is 11.7 Å². The Morgan fingerprint density at radius 2 is 2.00 bits per heavy atom. The van der Waals surface area contributed by atoms with Gasteiger partial charge in [-0.2, -0.15) is 0 Å². The lowest BCUT2D eigenvalue weighted by Gasteiger charge is -2.33. The minimum absolute atomic E-state index is 0.0197. The molecule has 112 valence electrons. The van der Waals surface area contributed by atoms with Gasteiger partial charge < -0.3 is 4.90 Å². The van der Waals surface area contributed by atoms with Crippen molar-refractivity contribution in [2.24, 2.45) is 11.8 Å². The predicted molar refractivity (Wildman–Crippen MR) is 77.4 cm³/mol. The van der Waals surface area contributed by atoms with Gasteiger partial charge in [0.25, 0.3) is 0 Å². The van der Waals surface area contributed by atoms with Gasteiger partial charge in [0, 0.05) is 38.3 Å². The molecule has 0 aliphatic carbocycles. The zero-order valence-electron chi connectivity index (χ0n) is 11.9. The van der Waals surface area contributed by atoms with Crippen molar-refractivity contribution in [2.45, 2.75) is 12.8 Å². The van der Waals surface area contributed by atoms with E-state index in [2.05, 4.69) is 15.8 Å². The van der Waals surface area contributed by atoms with Gasteiger partial charge in [-0.3, -0.25) is 25.4 Å². The van der Waals surface area contributed by atoms with Crippen LogP contribution in [0.25, 0.3) is 0 Å². The monoisotopic (exact) mass is 288 g/mol. The fourth-order valence-corrected chi connectivity index (χ4v) is 3.00. The molecule has 1 aromatic heterocycles. The summed E-state index contributed by atoms with van der Waals surface area (Å²) in [7, 11) is 0. The van der Waals surface area contributed by atoms with E-state index >= 15 is 0 Å². The van der Waals surface area contributed by atoms with Crippen LogP contribution >= 0.6 is 0 Å². The largest absolute Gasteiger partial charge is 0.342 e. The van der Waals surface area contributed by atoms with Crippen LogP contribution in [0.2, 0.25) is 0 Å². The maximum absolute atomic E-state index is 12.5. The minimum Gasteiger partial charge on any atom is -0.342 e. The fourth-order valence-electron chi connectivity index (χ4n) is 3.00. The topological polar surface area (TPSA) is 74.3 Å². The molecule has 2 aliphatic heterocycles. The summed E-state index contributed by atoms with van der Waals surface area (Å²) in [5.74, 6) is 0.0513. The van der Waals surface area contributed by atoms with Crippen LogP contribution < -0.4 is 10.9 Å². The molecule has 1 atom stereocenters. The molecule has 2 saturated heterocycles. The fraction of sp³-hybridized carbons (Fsp3) is 0.533. The first-order valence-corrected chi connectivity index (χ1v) is 7.45.